The van der Waals surface area contributed by atoms with Gasteiger partial charge in [-0.25, -0.2) is 4.98 Å². The standard InChI is InChI=1S/C13H8NS/c15-13-7-3-6-12-10(13)8-9-4-1-2-5-11(9)14-12/h1-8H. The fourth-order valence-corrected chi connectivity index (χ4v) is 2.01. The monoisotopic (exact) mass is 210 g/mol. The molecule has 0 amide bonds. The number of pyridine rings is 1. The minimum Gasteiger partial charge on any atom is -0.248 e. The summed E-state index contributed by atoms with van der Waals surface area (Å²) in [5.74, 6) is 0. The van der Waals surface area contributed by atoms with Crippen molar-refractivity contribution in [3.63, 3.8) is 0 Å². The lowest BCUT2D eigenvalue weighted by atomic mass is 10.1. The van der Waals surface area contributed by atoms with Crippen LogP contribution in [-0.2, 0) is 0 Å². The molecule has 0 aliphatic rings. The summed E-state index contributed by atoms with van der Waals surface area (Å²) < 4.78 is 0. The summed E-state index contributed by atoms with van der Waals surface area (Å²) in [6.45, 7) is 0. The van der Waals surface area contributed by atoms with Gasteiger partial charge in [0.15, 0.2) is 0 Å². The maximum absolute atomic E-state index is 5.28. The maximum atomic E-state index is 5.28. The van der Waals surface area contributed by atoms with Crippen molar-refractivity contribution >= 4 is 34.4 Å². The van der Waals surface area contributed by atoms with E-state index in [-0.39, 0.29) is 0 Å². The summed E-state index contributed by atoms with van der Waals surface area (Å²) in [7, 11) is 0. The first-order valence-electron chi connectivity index (χ1n) is 4.80. The molecular formula is C13H8NS. The van der Waals surface area contributed by atoms with E-state index in [0.717, 1.165) is 26.7 Å². The Balaban J connectivity index is 2.53. The van der Waals surface area contributed by atoms with Gasteiger partial charge in [0, 0.05) is 15.7 Å². The van der Waals surface area contributed by atoms with E-state index < -0.39 is 0 Å². The van der Waals surface area contributed by atoms with E-state index in [1.54, 1.807) is 0 Å². The van der Waals surface area contributed by atoms with Crippen LogP contribution in [0.25, 0.3) is 21.8 Å². The number of para-hydroxylation sites is 1. The van der Waals surface area contributed by atoms with Gasteiger partial charge in [0.2, 0.25) is 0 Å². The van der Waals surface area contributed by atoms with Gasteiger partial charge in [0.25, 0.3) is 0 Å². The molecule has 0 unspecified atom stereocenters. The number of aromatic nitrogens is 1. The van der Waals surface area contributed by atoms with E-state index in [0.29, 0.717) is 0 Å². The Bertz CT molecular complexity index is 646. The van der Waals surface area contributed by atoms with Gasteiger partial charge in [0.05, 0.1) is 11.0 Å². The summed E-state index contributed by atoms with van der Waals surface area (Å²) in [6, 6.07) is 16.1. The van der Waals surface area contributed by atoms with Gasteiger partial charge < -0.3 is 0 Å². The van der Waals surface area contributed by atoms with Crippen LogP contribution in [0, 0.1) is 0 Å². The molecule has 0 N–H and O–H groups in total. The minimum absolute atomic E-state index is 0.866. The van der Waals surface area contributed by atoms with Crippen LogP contribution in [0.4, 0.5) is 0 Å². The quantitative estimate of drug-likeness (QED) is 0.512. The van der Waals surface area contributed by atoms with Crippen LogP contribution in [0.5, 0.6) is 0 Å². The molecule has 1 heterocycles. The zero-order chi connectivity index (χ0) is 10.3. The Labute approximate surface area is 93.2 Å². The normalized spacial score (nSPS) is 10.9. The highest BCUT2D eigenvalue weighted by Crippen LogP contribution is 2.24. The largest absolute Gasteiger partial charge is 0.248 e. The molecule has 3 aromatic rings. The van der Waals surface area contributed by atoms with Gasteiger partial charge in [-0.05, 0) is 24.3 Å². The van der Waals surface area contributed by atoms with E-state index in [4.69, 9.17) is 12.6 Å². The summed E-state index contributed by atoms with van der Waals surface area (Å²) in [5.41, 5.74) is 1.99. The topological polar surface area (TPSA) is 12.9 Å². The third-order valence-corrected chi connectivity index (χ3v) is 2.88. The Hall–Kier alpha value is -1.67. The van der Waals surface area contributed by atoms with Crippen LogP contribution < -0.4 is 0 Å². The highest BCUT2D eigenvalue weighted by atomic mass is 32.1. The van der Waals surface area contributed by atoms with Gasteiger partial charge in [0.1, 0.15) is 0 Å². The van der Waals surface area contributed by atoms with Crippen molar-refractivity contribution in [1.82, 2.24) is 4.98 Å². The van der Waals surface area contributed by atoms with Gasteiger partial charge in [-0.1, -0.05) is 36.9 Å². The van der Waals surface area contributed by atoms with Crippen molar-refractivity contribution in [2.45, 2.75) is 4.90 Å². The predicted molar refractivity (Wildman–Crippen MR) is 65.1 cm³/mol. The molecule has 0 saturated heterocycles. The first-order chi connectivity index (χ1) is 7.34. The van der Waals surface area contributed by atoms with Crippen LogP contribution in [-0.4, -0.2) is 4.98 Å². The van der Waals surface area contributed by atoms with E-state index in [1.165, 1.54) is 0 Å². The number of hydrogen-bond acceptors (Lipinski definition) is 1. The number of nitrogens with zero attached hydrogens (tertiary/aromatic N) is 1. The van der Waals surface area contributed by atoms with Crippen LogP contribution >= 0.6 is 12.6 Å². The smallest absolute Gasteiger partial charge is 0.0724 e. The first kappa shape index (κ1) is 8.62. The second-order valence-electron chi connectivity index (χ2n) is 3.50. The maximum Gasteiger partial charge on any atom is 0.0724 e. The fraction of sp³-hybridized carbons (Fsp3) is 0. The van der Waals surface area contributed by atoms with E-state index in [2.05, 4.69) is 17.1 Å². The zero-order valence-corrected chi connectivity index (χ0v) is 8.79. The molecule has 1 nitrogen and oxygen atoms in total. The third-order valence-electron chi connectivity index (χ3n) is 2.52. The van der Waals surface area contributed by atoms with Crippen molar-refractivity contribution < 1.29 is 0 Å². The molecule has 2 aromatic carbocycles. The first-order valence-corrected chi connectivity index (χ1v) is 5.21. The number of fused-ring (bicyclic) bond motifs is 2. The van der Waals surface area contributed by atoms with Crippen LogP contribution in [0.3, 0.4) is 0 Å². The number of rotatable bonds is 0. The molecule has 2 heteroatoms. The highest BCUT2D eigenvalue weighted by molar-refractivity contribution is 7.80. The van der Waals surface area contributed by atoms with Gasteiger partial charge in [-0.3, -0.25) is 0 Å². The van der Waals surface area contributed by atoms with E-state index in [1.807, 2.05) is 36.4 Å². The Morgan fingerprint density at radius 1 is 0.867 bits per heavy atom. The lowest BCUT2D eigenvalue weighted by Crippen LogP contribution is -1.82. The van der Waals surface area contributed by atoms with Crippen molar-refractivity contribution in [2.24, 2.45) is 0 Å². The zero-order valence-electron chi connectivity index (χ0n) is 7.97. The molecule has 0 aliphatic heterocycles. The molecule has 1 aromatic heterocycles. The summed E-state index contributed by atoms with van der Waals surface area (Å²) >= 11 is 5.28. The Kier molecular flexibility index (Phi) is 1.82. The average molecular weight is 210 g/mol. The molecule has 71 valence electrons. The second kappa shape index (κ2) is 3.17. The Morgan fingerprint density at radius 3 is 2.60 bits per heavy atom. The van der Waals surface area contributed by atoms with Crippen LogP contribution in [0.15, 0.2) is 53.4 Å². The summed E-state index contributed by atoms with van der Waals surface area (Å²) in [6.07, 6.45) is 0. The molecule has 0 saturated carbocycles. The lowest BCUT2D eigenvalue weighted by Gasteiger charge is -2.02. The minimum atomic E-state index is 0.866. The van der Waals surface area contributed by atoms with Crippen molar-refractivity contribution in [3.05, 3.63) is 48.5 Å². The SMILES string of the molecule is [S]c1cccc2nc3ccccc3cc12. The van der Waals surface area contributed by atoms with Gasteiger partial charge in [-0.2, -0.15) is 0 Å². The van der Waals surface area contributed by atoms with E-state index in [9.17, 15) is 0 Å². The molecule has 1 radical (unpaired) electrons. The lowest BCUT2D eigenvalue weighted by molar-refractivity contribution is 1.46. The van der Waals surface area contributed by atoms with Crippen molar-refractivity contribution in [3.8, 4) is 0 Å². The summed E-state index contributed by atoms with van der Waals surface area (Å²) in [4.78, 5) is 5.44. The molecular weight excluding hydrogens is 202 g/mol. The van der Waals surface area contributed by atoms with Crippen LogP contribution in [0.1, 0.15) is 0 Å². The highest BCUT2D eigenvalue weighted by Gasteiger charge is 2.01. The summed E-state index contributed by atoms with van der Waals surface area (Å²) in [5, 5.41) is 2.20. The van der Waals surface area contributed by atoms with Crippen molar-refractivity contribution in [1.29, 1.82) is 0 Å². The molecule has 15 heavy (non-hydrogen) atoms. The predicted octanol–water partition coefficient (Wildman–Crippen LogP) is 3.94. The number of hydrogen-bond donors (Lipinski definition) is 0. The molecule has 0 bridgehead atoms. The molecule has 0 atom stereocenters. The Morgan fingerprint density at radius 2 is 1.67 bits per heavy atom. The molecule has 0 spiro atoms. The van der Waals surface area contributed by atoms with Gasteiger partial charge >= 0.3 is 0 Å². The third kappa shape index (κ3) is 1.34. The second-order valence-corrected chi connectivity index (χ2v) is 3.94. The van der Waals surface area contributed by atoms with Crippen LogP contribution in [0.2, 0.25) is 0 Å². The van der Waals surface area contributed by atoms with Gasteiger partial charge in [-0.15, -0.1) is 0 Å². The van der Waals surface area contributed by atoms with E-state index >= 15 is 0 Å². The number of benzene rings is 2. The average Bonchev–Trinajstić information content (AvgIpc) is 2.27. The molecule has 3 rings (SSSR count). The van der Waals surface area contributed by atoms with Crippen molar-refractivity contribution in [2.75, 3.05) is 0 Å². The molecule has 0 fully saturated rings. The molecule has 0 aliphatic carbocycles. The fourth-order valence-electron chi connectivity index (χ4n) is 1.77.